The molecule has 2 aromatic carbocycles. The highest BCUT2D eigenvalue weighted by Crippen LogP contribution is 2.55. The summed E-state index contributed by atoms with van der Waals surface area (Å²) in [7, 11) is 1.33. The molecule has 4 aromatic rings. The zero-order valence-corrected chi connectivity index (χ0v) is 26.5. The Kier molecular flexibility index (Phi) is 8.09. The summed E-state index contributed by atoms with van der Waals surface area (Å²) in [5.74, 6) is -1.65. The predicted molar refractivity (Wildman–Crippen MR) is 170 cm³/mol. The van der Waals surface area contributed by atoms with Gasteiger partial charge in [-0.25, -0.2) is 4.79 Å². The van der Waals surface area contributed by atoms with Crippen molar-refractivity contribution in [3.8, 4) is 0 Å². The fraction of sp³-hybridized carbons (Fsp3) is 0.351. The van der Waals surface area contributed by atoms with E-state index >= 15 is 0 Å². The number of carbonyl (C=O) groups is 3. The van der Waals surface area contributed by atoms with E-state index in [1.54, 1.807) is 34.1 Å². The van der Waals surface area contributed by atoms with Gasteiger partial charge in [-0.15, -0.1) is 0 Å². The Balaban J connectivity index is 1.37. The summed E-state index contributed by atoms with van der Waals surface area (Å²) in [4.78, 5) is 49.7. The molecular weight excluding hydrogens is 621 g/mol. The molecule has 248 valence electrons. The minimum Gasteiger partial charge on any atom is -0.467 e. The first-order valence-electron chi connectivity index (χ1n) is 16.1. The maximum absolute atomic E-state index is 14.3. The number of carbonyl (C=O) groups excluding carboxylic acids is 3. The van der Waals surface area contributed by atoms with Gasteiger partial charge in [-0.3, -0.25) is 14.6 Å². The van der Waals surface area contributed by atoms with E-state index in [0.29, 0.717) is 36.3 Å². The fourth-order valence-corrected chi connectivity index (χ4v) is 8.02. The monoisotopic (exact) mass is 656 g/mol. The van der Waals surface area contributed by atoms with Gasteiger partial charge >= 0.3 is 12.1 Å². The van der Waals surface area contributed by atoms with Gasteiger partial charge in [-0.2, -0.15) is 13.2 Å². The van der Waals surface area contributed by atoms with Crippen molar-refractivity contribution in [3.63, 3.8) is 0 Å². The SMILES string of the molecule is COC(=O)[C@@]1(Cc2ccccc2)[C@H]2c3cc(C(=O)N4CCCC4)n(Cc4ccc(C(F)(F)F)nc4)c3C[C@H]2CN1C(=O)c1ccccc1. The average molecular weight is 657 g/mol. The van der Waals surface area contributed by atoms with Crippen LogP contribution in [0.4, 0.5) is 13.2 Å². The van der Waals surface area contributed by atoms with E-state index < -0.39 is 29.3 Å². The topological polar surface area (TPSA) is 84.7 Å². The fourth-order valence-electron chi connectivity index (χ4n) is 8.02. The number of benzene rings is 2. The van der Waals surface area contributed by atoms with Crippen LogP contribution in [0.5, 0.6) is 0 Å². The first-order valence-corrected chi connectivity index (χ1v) is 16.1. The lowest BCUT2D eigenvalue weighted by Crippen LogP contribution is -2.58. The van der Waals surface area contributed by atoms with Crippen LogP contribution >= 0.6 is 0 Å². The van der Waals surface area contributed by atoms with Crippen LogP contribution in [-0.2, 0) is 35.1 Å². The Labute approximate surface area is 276 Å². The number of rotatable bonds is 7. The van der Waals surface area contributed by atoms with Gasteiger partial charge in [0, 0.05) is 56.0 Å². The van der Waals surface area contributed by atoms with Crippen LogP contribution in [0, 0.1) is 5.92 Å². The van der Waals surface area contributed by atoms with Crippen LogP contribution < -0.4 is 0 Å². The Morgan fingerprint density at radius 3 is 2.23 bits per heavy atom. The summed E-state index contributed by atoms with van der Waals surface area (Å²) in [5, 5.41) is 0. The molecule has 0 N–H and O–H groups in total. The van der Waals surface area contributed by atoms with Gasteiger partial charge in [0.1, 0.15) is 11.4 Å². The molecule has 11 heteroatoms. The molecule has 0 saturated carbocycles. The maximum Gasteiger partial charge on any atom is 0.433 e. The van der Waals surface area contributed by atoms with E-state index in [1.807, 2.05) is 47.0 Å². The molecule has 2 aromatic heterocycles. The first kappa shape index (κ1) is 31.7. The van der Waals surface area contributed by atoms with Crippen molar-refractivity contribution < 1.29 is 32.3 Å². The van der Waals surface area contributed by atoms with Gasteiger partial charge in [-0.05, 0) is 66.1 Å². The van der Waals surface area contributed by atoms with E-state index in [4.69, 9.17) is 4.74 Å². The van der Waals surface area contributed by atoms with Gasteiger partial charge in [-0.1, -0.05) is 54.6 Å². The minimum atomic E-state index is -4.57. The van der Waals surface area contributed by atoms with Crippen molar-refractivity contribution in [2.24, 2.45) is 5.92 Å². The van der Waals surface area contributed by atoms with Crippen molar-refractivity contribution in [2.45, 2.75) is 49.9 Å². The number of nitrogens with zero attached hydrogens (tertiary/aromatic N) is 4. The van der Waals surface area contributed by atoms with E-state index in [2.05, 4.69) is 4.98 Å². The lowest BCUT2D eigenvalue weighted by atomic mass is 9.75. The minimum absolute atomic E-state index is 0.130. The zero-order chi connectivity index (χ0) is 33.6. The van der Waals surface area contributed by atoms with E-state index in [1.165, 1.54) is 19.4 Å². The molecule has 3 atom stereocenters. The number of amides is 2. The molecule has 2 amide bonds. The van der Waals surface area contributed by atoms with E-state index in [0.717, 1.165) is 35.7 Å². The zero-order valence-electron chi connectivity index (χ0n) is 26.5. The van der Waals surface area contributed by atoms with E-state index in [-0.39, 0.29) is 37.2 Å². The highest BCUT2D eigenvalue weighted by molar-refractivity contribution is 6.00. The molecule has 8 nitrogen and oxygen atoms in total. The molecule has 7 rings (SSSR count). The molecule has 0 spiro atoms. The van der Waals surface area contributed by atoms with Crippen LogP contribution in [0.2, 0.25) is 0 Å². The number of methoxy groups -OCH3 is 1. The van der Waals surface area contributed by atoms with Crippen molar-refractivity contribution in [3.05, 3.63) is 124 Å². The second-order valence-electron chi connectivity index (χ2n) is 12.9. The van der Waals surface area contributed by atoms with Crippen molar-refractivity contribution in [1.82, 2.24) is 19.4 Å². The van der Waals surface area contributed by atoms with Gasteiger partial charge in [0.25, 0.3) is 11.8 Å². The second kappa shape index (κ2) is 12.3. The molecule has 4 heterocycles. The Morgan fingerprint density at radius 1 is 0.917 bits per heavy atom. The molecule has 1 aliphatic carbocycles. The number of fused-ring (bicyclic) bond motifs is 3. The Bertz CT molecular complexity index is 1840. The third-order valence-corrected chi connectivity index (χ3v) is 10.1. The quantitative estimate of drug-likeness (QED) is 0.237. The summed E-state index contributed by atoms with van der Waals surface area (Å²) in [6.07, 6.45) is -0.932. The molecule has 0 bridgehead atoms. The number of aromatic nitrogens is 2. The predicted octanol–water partition coefficient (Wildman–Crippen LogP) is 5.75. The molecule has 2 aliphatic heterocycles. The van der Waals surface area contributed by atoms with Crippen molar-refractivity contribution >= 4 is 17.8 Å². The average Bonchev–Trinajstić information content (AvgIpc) is 3.88. The molecule has 2 saturated heterocycles. The molecule has 2 fully saturated rings. The summed E-state index contributed by atoms with van der Waals surface area (Å²) < 4.78 is 47.3. The largest absolute Gasteiger partial charge is 0.467 e. The van der Waals surface area contributed by atoms with Crippen molar-refractivity contribution in [2.75, 3.05) is 26.7 Å². The number of halogens is 3. The Morgan fingerprint density at radius 2 is 1.60 bits per heavy atom. The standard InChI is InChI=1S/C37H35F3N4O4/c1-48-35(47)36(20-24-10-4-2-5-11-24)32-27(23-44(36)33(45)26-12-6-3-7-13-26)18-29-28(32)19-30(34(46)42-16-8-9-17-42)43(29)22-25-14-15-31(41-21-25)37(38,39)40/h2-7,10-15,19,21,27,32H,8-9,16-18,20,22-23H2,1H3/t27-,32+,36+/m0/s1. The second-order valence-corrected chi connectivity index (χ2v) is 12.9. The number of hydrogen-bond acceptors (Lipinski definition) is 5. The Hall–Kier alpha value is -4.93. The smallest absolute Gasteiger partial charge is 0.433 e. The normalized spacial score (nSPS) is 21.7. The van der Waals surface area contributed by atoms with Gasteiger partial charge < -0.3 is 19.1 Å². The third kappa shape index (κ3) is 5.35. The summed E-state index contributed by atoms with van der Waals surface area (Å²) in [6, 6.07) is 22.5. The summed E-state index contributed by atoms with van der Waals surface area (Å²) in [6.45, 7) is 1.64. The van der Waals surface area contributed by atoms with Crippen LogP contribution in [0.25, 0.3) is 0 Å². The van der Waals surface area contributed by atoms with Crippen LogP contribution in [0.15, 0.2) is 85.1 Å². The van der Waals surface area contributed by atoms with Crippen LogP contribution in [0.3, 0.4) is 0 Å². The highest BCUT2D eigenvalue weighted by atomic mass is 19.4. The lowest BCUT2D eigenvalue weighted by molar-refractivity contribution is -0.153. The number of ether oxygens (including phenoxy) is 1. The highest BCUT2D eigenvalue weighted by Gasteiger charge is 2.64. The van der Waals surface area contributed by atoms with Crippen LogP contribution in [-0.4, -0.2) is 69.4 Å². The number of pyridine rings is 1. The molecule has 3 aliphatic rings. The lowest BCUT2D eigenvalue weighted by Gasteiger charge is -2.40. The summed E-state index contributed by atoms with van der Waals surface area (Å²) >= 11 is 0. The van der Waals surface area contributed by atoms with Gasteiger partial charge in [0.05, 0.1) is 7.11 Å². The van der Waals surface area contributed by atoms with Crippen molar-refractivity contribution in [1.29, 1.82) is 0 Å². The first-order chi connectivity index (χ1) is 23.1. The van der Waals surface area contributed by atoms with Gasteiger partial charge in [0.15, 0.2) is 5.54 Å². The molecule has 48 heavy (non-hydrogen) atoms. The third-order valence-electron chi connectivity index (χ3n) is 10.1. The van der Waals surface area contributed by atoms with E-state index in [9.17, 15) is 27.6 Å². The molecule has 0 radical (unpaired) electrons. The maximum atomic E-state index is 14.3. The number of alkyl halides is 3. The molecule has 0 unspecified atom stereocenters. The molecular formula is C37H35F3N4O4. The summed E-state index contributed by atoms with van der Waals surface area (Å²) in [5.41, 5.74) is 1.44. The van der Waals surface area contributed by atoms with Gasteiger partial charge in [0.2, 0.25) is 0 Å². The van der Waals surface area contributed by atoms with Crippen LogP contribution in [0.1, 0.15) is 67.7 Å². The number of hydrogen-bond donors (Lipinski definition) is 0. The number of esters is 1. The number of likely N-dealkylation sites (tertiary alicyclic amines) is 2.